The summed E-state index contributed by atoms with van der Waals surface area (Å²) in [5.41, 5.74) is 0. The molecule has 0 aliphatic carbocycles. The number of hydrogen-bond acceptors (Lipinski definition) is 5. The van der Waals surface area contributed by atoms with Crippen molar-refractivity contribution in [2.45, 2.75) is 6.54 Å². The number of aliphatic imine (C=N–C) groups is 1. The molecule has 0 bridgehead atoms. The van der Waals surface area contributed by atoms with Crippen LogP contribution < -0.4 is 4.74 Å². The number of rotatable bonds is 3. The van der Waals surface area contributed by atoms with Gasteiger partial charge in [0, 0.05) is 6.20 Å². The van der Waals surface area contributed by atoms with Gasteiger partial charge in [-0.2, -0.15) is 0 Å². The van der Waals surface area contributed by atoms with Gasteiger partial charge in [0.25, 0.3) is 5.19 Å². The first-order valence-electron chi connectivity index (χ1n) is 2.89. The number of hydrogen-bond donors (Lipinski definition) is 0. The number of isocyanates is 1. The van der Waals surface area contributed by atoms with Crippen molar-refractivity contribution in [3.05, 3.63) is 11.1 Å². The molecule has 0 aliphatic rings. The maximum absolute atomic E-state index is 9.72. The van der Waals surface area contributed by atoms with Crippen LogP contribution in [0.2, 0.25) is 0 Å². The smallest absolute Gasteiger partial charge is 0.273 e. The molecule has 0 saturated carbocycles. The molecule has 0 aromatic carbocycles. The zero-order chi connectivity index (χ0) is 8.10. The Hall–Kier alpha value is -1.19. The van der Waals surface area contributed by atoms with Crippen LogP contribution in [0.3, 0.4) is 0 Å². The molecule has 0 spiro atoms. The number of methoxy groups -OCH3 is 1. The maximum atomic E-state index is 9.72. The Morgan fingerprint density at radius 1 is 1.91 bits per heavy atom. The molecule has 0 unspecified atom stereocenters. The van der Waals surface area contributed by atoms with Crippen LogP contribution in [-0.4, -0.2) is 18.2 Å². The molecule has 1 aromatic heterocycles. The highest BCUT2D eigenvalue weighted by atomic mass is 32.1. The lowest BCUT2D eigenvalue weighted by Crippen LogP contribution is -1.76. The normalized spacial score (nSPS) is 8.82. The lowest BCUT2D eigenvalue weighted by molar-refractivity contribution is 0.412. The molecule has 5 heteroatoms. The van der Waals surface area contributed by atoms with E-state index in [4.69, 9.17) is 4.74 Å². The van der Waals surface area contributed by atoms with Crippen molar-refractivity contribution in [1.29, 1.82) is 0 Å². The Morgan fingerprint density at radius 2 is 2.73 bits per heavy atom. The Morgan fingerprint density at radius 3 is 3.27 bits per heavy atom. The van der Waals surface area contributed by atoms with Crippen LogP contribution in [0.1, 0.15) is 4.88 Å². The molecule has 11 heavy (non-hydrogen) atoms. The van der Waals surface area contributed by atoms with E-state index >= 15 is 0 Å². The van der Waals surface area contributed by atoms with Crippen LogP contribution in [-0.2, 0) is 11.3 Å². The molecule has 4 nitrogen and oxygen atoms in total. The van der Waals surface area contributed by atoms with E-state index in [0.717, 1.165) is 4.88 Å². The summed E-state index contributed by atoms with van der Waals surface area (Å²) in [7, 11) is 1.55. The van der Waals surface area contributed by atoms with Crippen molar-refractivity contribution in [1.82, 2.24) is 4.98 Å². The number of carbonyl (C=O) groups excluding carboxylic acids is 1. The third-order valence-corrected chi connectivity index (χ3v) is 1.95. The van der Waals surface area contributed by atoms with Crippen molar-refractivity contribution in [3.8, 4) is 5.19 Å². The number of nitrogens with zero attached hydrogens (tertiary/aromatic N) is 2. The van der Waals surface area contributed by atoms with Crippen LogP contribution in [0, 0.1) is 0 Å². The first-order valence-corrected chi connectivity index (χ1v) is 3.71. The average molecular weight is 170 g/mol. The van der Waals surface area contributed by atoms with Crippen molar-refractivity contribution < 1.29 is 9.53 Å². The molecule has 0 fully saturated rings. The van der Waals surface area contributed by atoms with Crippen LogP contribution in [0.4, 0.5) is 0 Å². The van der Waals surface area contributed by atoms with Crippen molar-refractivity contribution >= 4 is 17.4 Å². The fourth-order valence-electron chi connectivity index (χ4n) is 0.567. The molecule has 0 saturated heterocycles. The summed E-state index contributed by atoms with van der Waals surface area (Å²) < 4.78 is 4.84. The van der Waals surface area contributed by atoms with Crippen LogP contribution in [0.15, 0.2) is 11.2 Å². The molecule has 0 N–H and O–H groups in total. The minimum Gasteiger partial charge on any atom is -0.473 e. The zero-order valence-electron chi connectivity index (χ0n) is 5.90. The van der Waals surface area contributed by atoms with Gasteiger partial charge in [-0.05, 0) is 0 Å². The Bertz CT molecular complexity index is 278. The van der Waals surface area contributed by atoms with E-state index in [1.54, 1.807) is 13.3 Å². The van der Waals surface area contributed by atoms with Gasteiger partial charge >= 0.3 is 0 Å². The molecule has 0 aliphatic heterocycles. The zero-order valence-corrected chi connectivity index (χ0v) is 6.72. The van der Waals surface area contributed by atoms with Gasteiger partial charge < -0.3 is 4.74 Å². The summed E-state index contributed by atoms with van der Waals surface area (Å²) >= 11 is 1.37. The van der Waals surface area contributed by atoms with Gasteiger partial charge in [-0.3, -0.25) is 0 Å². The summed E-state index contributed by atoms with van der Waals surface area (Å²) in [4.78, 5) is 17.9. The third kappa shape index (κ3) is 2.14. The minimum atomic E-state index is 0.338. The first-order chi connectivity index (χ1) is 5.36. The minimum absolute atomic E-state index is 0.338. The van der Waals surface area contributed by atoms with Crippen molar-refractivity contribution in [2.75, 3.05) is 7.11 Å². The highest BCUT2D eigenvalue weighted by Crippen LogP contribution is 2.19. The molecule has 1 aromatic rings. The van der Waals surface area contributed by atoms with E-state index in [-0.39, 0.29) is 0 Å². The van der Waals surface area contributed by atoms with E-state index in [1.807, 2.05) is 0 Å². The van der Waals surface area contributed by atoms with E-state index < -0.39 is 0 Å². The molecule has 0 radical (unpaired) electrons. The Kier molecular flexibility index (Phi) is 2.77. The topological polar surface area (TPSA) is 51.6 Å². The maximum Gasteiger partial charge on any atom is 0.273 e. The predicted octanol–water partition coefficient (Wildman–Crippen LogP) is 0.987. The molecule has 58 valence electrons. The average Bonchev–Trinajstić information content (AvgIpc) is 2.48. The van der Waals surface area contributed by atoms with Gasteiger partial charge in [-0.25, -0.2) is 14.8 Å². The van der Waals surface area contributed by atoms with E-state index in [9.17, 15) is 4.79 Å². The monoisotopic (exact) mass is 170 g/mol. The molecular weight excluding hydrogens is 164 g/mol. The van der Waals surface area contributed by atoms with Crippen LogP contribution in [0.5, 0.6) is 5.19 Å². The van der Waals surface area contributed by atoms with E-state index in [2.05, 4.69) is 9.98 Å². The molecule has 0 atom stereocenters. The fourth-order valence-corrected chi connectivity index (χ4v) is 1.21. The summed E-state index contributed by atoms with van der Waals surface area (Å²) in [5.74, 6) is 0. The quantitative estimate of drug-likeness (QED) is 0.502. The van der Waals surface area contributed by atoms with Crippen molar-refractivity contribution in [2.24, 2.45) is 4.99 Å². The van der Waals surface area contributed by atoms with Crippen molar-refractivity contribution in [3.63, 3.8) is 0 Å². The largest absolute Gasteiger partial charge is 0.473 e. The SMILES string of the molecule is COc1ncc(CN=C=O)s1. The molecule has 1 rings (SSSR count). The Balaban J connectivity index is 2.64. The molecule has 0 amide bonds. The Labute approximate surface area is 67.6 Å². The second-order valence-electron chi connectivity index (χ2n) is 1.70. The fraction of sp³-hybridized carbons (Fsp3) is 0.333. The summed E-state index contributed by atoms with van der Waals surface area (Å²) in [6.45, 7) is 0.338. The highest BCUT2D eigenvalue weighted by Gasteiger charge is 1.98. The van der Waals surface area contributed by atoms with Gasteiger partial charge in [0.1, 0.15) is 0 Å². The van der Waals surface area contributed by atoms with Crippen LogP contribution in [0.25, 0.3) is 0 Å². The number of aromatic nitrogens is 1. The van der Waals surface area contributed by atoms with Gasteiger partial charge in [0.05, 0.1) is 18.5 Å². The van der Waals surface area contributed by atoms with E-state index in [1.165, 1.54) is 17.4 Å². The summed E-state index contributed by atoms with van der Waals surface area (Å²) in [6, 6.07) is 0. The van der Waals surface area contributed by atoms with Gasteiger partial charge in [0.15, 0.2) is 0 Å². The summed E-state index contributed by atoms with van der Waals surface area (Å²) in [6.07, 6.45) is 3.09. The lowest BCUT2D eigenvalue weighted by atomic mass is 10.6. The van der Waals surface area contributed by atoms with Gasteiger partial charge in [-0.1, -0.05) is 11.3 Å². The highest BCUT2D eigenvalue weighted by molar-refractivity contribution is 7.13. The standard InChI is InChI=1S/C6H6N2O2S/c1-10-6-8-3-5(11-6)2-7-4-9/h3H,2H2,1H3. The summed E-state index contributed by atoms with van der Waals surface area (Å²) in [5, 5.41) is 0.584. The van der Waals surface area contributed by atoms with Gasteiger partial charge in [0.2, 0.25) is 6.08 Å². The second kappa shape index (κ2) is 3.85. The lowest BCUT2D eigenvalue weighted by Gasteiger charge is -1.86. The predicted molar refractivity (Wildman–Crippen MR) is 40.5 cm³/mol. The number of thiazole rings is 1. The van der Waals surface area contributed by atoms with Gasteiger partial charge in [-0.15, -0.1) is 0 Å². The van der Waals surface area contributed by atoms with E-state index in [0.29, 0.717) is 11.7 Å². The second-order valence-corrected chi connectivity index (χ2v) is 2.78. The molecule has 1 heterocycles. The molecular formula is C6H6N2O2S. The number of ether oxygens (including phenoxy) is 1. The van der Waals surface area contributed by atoms with Crippen LogP contribution >= 0.6 is 11.3 Å². The third-order valence-electron chi connectivity index (χ3n) is 1.01. The first kappa shape index (κ1) is 7.91.